The van der Waals surface area contributed by atoms with Crippen molar-refractivity contribution < 1.29 is 19.1 Å². The average molecular weight is 567 g/mol. The SMILES string of the molecule is Cc1cccc(COc2ccc(Br)cc2C=C2C(=O)N(c3ccccc3)C(=O)N(c3ccccc3)C2=O)c1. The van der Waals surface area contributed by atoms with E-state index in [1.54, 1.807) is 72.8 Å². The normalized spacial score (nSPS) is 13.6. The summed E-state index contributed by atoms with van der Waals surface area (Å²) in [5, 5.41) is 0. The largest absolute Gasteiger partial charge is 0.488 e. The van der Waals surface area contributed by atoms with Gasteiger partial charge < -0.3 is 4.74 Å². The molecule has 0 radical (unpaired) electrons. The van der Waals surface area contributed by atoms with E-state index in [0.717, 1.165) is 25.4 Å². The maximum absolute atomic E-state index is 13.7. The first-order valence-corrected chi connectivity index (χ1v) is 12.7. The zero-order valence-corrected chi connectivity index (χ0v) is 22.1. The van der Waals surface area contributed by atoms with Crippen molar-refractivity contribution >= 4 is 51.2 Å². The van der Waals surface area contributed by atoms with E-state index < -0.39 is 17.8 Å². The summed E-state index contributed by atoms with van der Waals surface area (Å²) in [5.41, 5.74) is 3.22. The molecule has 0 N–H and O–H groups in total. The average Bonchev–Trinajstić information content (AvgIpc) is 2.92. The second-order valence-electron chi connectivity index (χ2n) is 8.75. The highest BCUT2D eigenvalue weighted by molar-refractivity contribution is 9.10. The third-order valence-electron chi connectivity index (χ3n) is 6.03. The Morgan fingerprint density at radius 2 is 1.34 bits per heavy atom. The first-order chi connectivity index (χ1) is 18.4. The first-order valence-electron chi connectivity index (χ1n) is 11.9. The number of benzene rings is 4. The van der Waals surface area contributed by atoms with Gasteiger partial charge in [-0.25, -0.2) is 14.6 Å². The monoisotopic (exact) mass is 566 g/mol. The lowest BCUT2D eigenvalue weighted by Crippen LogP contribution is -2.57. The Bertz CT molecular complexity index is 1490. The number of aryl methyl sites for hydroxylation is 1. The number of rotatable bonds is 6. The van der Waals surface area contributed by atoms with E-state index in [0.29, 0.717) is 29.3 Å². The molecule has 1 saturated heterocycles. The van der Waals surface area contributed by atoms with Gasteiger partial charge in [0.1, 0.15) is 17.9 Å². The third-order valence-corrected chi connectivity index (χ3v) is 6.52. The van der Waals surface area contributed by atoms with Gasteiger partial charge in [-0.2, -0.15) is 0 Å². The molecule has 1 heterocycles. The molecular formula is C31H23BrN2O4. The molecule has 5 rings (SSSR count). The van der Waals surface area contributed by atoms with Crippen molar-refractivity contribution in [2.24, 2.45) is 0 Å². The number of ether oxygens (including phenoxy) is 1. The van der Waals surface area contributed by atoms with Crippen LogP contribution in [0.2, 0.25) is 0 Å². The van der Waals surface area contributed by atoms with Gasteiger partial charge in [-0.3, -0.25) is 9.59 Å². The molecule has 0 unspecified atom stereocenters. The zero-order valence-electron chi connectivity index (χ0n) is 20.5. The van der Waals surface area contributed by atoms with Crippen LogP contribution in [0.3, 0.4) is 0 Å². The maximum atomic E-state index is 13.7. The topological polar surface area (TPSA) is 66.9 Å². The number of imide groups is 2. The van der Waals surface area contributed by atoms with E-state index in [1.165, 1.54) is 6.08 Å². The number of para-hydroxylation sites is 2. The van der Waals surface area contributed by atoms with Gasteiger partial charge >= 0.3 is 6.03 Å². The summed E-state index contributed by atoms with van der Waals surface area (Å²) in [6.07, 6.45) is 1.49. The van der Waals surface area contributed by atoms with Crippen molar-refractivity contribution in [3.63, 3.8) is 0 Å². The number of carbonyl (C=O) groups is 3. The molecule has 1 fully saturated rings. The van der Waals surface area contributed by atoms with Crippen LogP contribution >= 0.6 is 15.9 Å². The van der Waals surface area contributed by atoms with Gasteiger partial charge in [0, 0.05) is 10.0 Å². The predicted molar refractivity (Wildman–Crippen MR) is 151 cm³/mol. The maximum Gasteiger partial charge on any atom is 0.343 e. The van der Waals surface area contributed by atoms with Gasteiger partial charge in [-0.05, 0) is 61.0 Å². The first kappa shape index (κ1) is 25.2. The Labute approximate surface area is 228 Å². The molecule has 0 bridgehead atoms. The van der Waals surface area contributed by atoms with Crippen molar-refractivity contribution in [3.05, 3.63) is 130 Å². The predicted octanol–water partition coefficient (Wildman–Crippen LogP) is 6.92. The molecule has 38 heavy (non-hydrogen) atoms. The Morgan fingerprint density at radius 1 is 0.737 bits per heavy atom. The van der Waals surface area contributed by atoms with Crippen molar-refractivity contribution in [3.8, 4) is 5.75 Å². The van der Waals surface area contributed by atoms with Crippen LogP contribution in [0.5, 0.6) is 5.75 Å². The summed E-state index contributed by atoms with van der Waals surface area (Å²) >= 11 is 3.47. The number of hydrogen-bond donors (Lipinski definition) is 0. The van der Waals surface area contributed by atoms with E-state index in [9.17, 15) is 14.4 Å². The van der Waals surface area contributed by atoms with Crippen LogP contribution in [-0.2, 0) is 16.2 Å². The standard InChI is InChI=1S/C31H23BrN2O4/c1-21-9-8-10-22(17-21)20-38-28-16-15-24(32)18-23(28)19-27-29(35)33(25-11-4-2-5-12-25)31(37)34(30(27)36)26-13-6-3-7-14-26/h2-19H,20H2,1H3. The lowest BCUT2D eigenvalue weighted by molar-refractivity contribution is -0.121. The molecule has 1 aliphatic heterocycles. The lowest BCUT2D eigenvalue weighted by atomic mass is 10.0. The fourth-order valence-corrected chi connectivity index (χ4v) is 4.60. The summed E-state index contributed by atoms with van der Waals surface area (Å²) in [5.74, 6) is -0.914. The number of hydrogen-bond acceptors (Lipinski definition) is 4. The molecule has 0 aliphatic carbocycles. The zero-order chi connectivity index (χ0) is 26.6. The molecule has 7 heteroatoms. The van der Waals surface area contributed by atoms with Gasteiger partial charge in [0.2, 0.25) is 0 Å². The Kier molecular flexibility index (Phi) is 7.20. The Balaban J connectivity index is 1.58. The second kappa shape index (κ2) is 10.9. The number of amides is 4. The van der Waals surface area contributed by atoms with Gasteiger partial charge in [0.25, 0.3) is 11.8 Å². The van der Waals surface area contributed by atoms with E-state index in [1.807, 2.05) is 37.3 Å². The molecule has 0 aromatic heterocycles. The van der Waals surface area contributed by atoms with Crippen LogP contribution in [0.1, 0.15) is 16.7 Å². The van der Waals surface area contributed by atoms with E-state index in [4.69, 9.17) is 4.74 Å². The van der Waals surface area contributed by atoms with E-state index in [2.05, 4.69) is 15.9 Å². The molecule has 1 aliphatic rings. The Hall–Kier alpha value is -4.49. The molecule has 0 saturated carbocycles. The van der Waals surface area contributed by atoms with Gasteiger partial charge in [0.15, 0.2) is 0 Å². The molecule has 4 amide bonds. The summed E-state index contributed by atoms with van der Waals surface area (Å²) < 4.78 is 6.86. The summed E-state index contributed by atoms with van der Waals surface area (Å²) in [7, 11) is 0. The summed E-state index contributed by atoms with van der Waals surface area (Å²) in [6.45, 7) is 2.32. The number of barbiturate groups is 1. The van der Waals surface area contributed by atoms with Crippen molar-refractivity contribution in [1.82, 2.24) is 0 Å². The smallest absolute Gasteiger partial charge is 0.343 e. The minimum Gasteiger partial charge on any atom is -0.488 e. The summed E-state index contributed by atoms with van der Waals surface area (Å²) in [6, 6.07) is 29.7. The molecule has 0 atom stereocenters. The van der Waals surface area contributed by atoms with Crippen molar-refractivity contribution in [2.75, 3.05) is 9.80 Å². The minimum absolute atomic E-state index is 0.157. The van der Waals surface area contributed by atoms with Crippen LogP contribution in [0, 0.1) is 6.92 Å². The highest BCUT2D eigenvalue weighted by Crippen LogP contribution is 2.32. The van der Waals surface area contributed by atoms with Crippen LogP contribution in [0.25, 0.3) is 6.08 Å². The van der Waals surface area contributed by atoms with Crippen molar-refractivity contribution in [2.45, 2.75) is 13.5 Å². The van der Waals surface area contributed by atoms with E-state index >= 15 is 0 Å². The second-order valence-corrected chi connectivity index (χ2v) is 9.67. The highest BCUT2D eigenvalue weighted by atomic mass is 79.9. The molecular weight excluding hydrogens is 544 g/mol. The van der Waals surface area contributed by atoms with Gasteiger partial charge in [0.05, 0.1) is 11.4 Å². The highest BCUT2D eigenvalue weighted by Gasteiger charge is 2.43. The molecule has 4 aromatic carbocycles. The van der Waals surface area contributed by atoms with Gasteiger partial charge in [-0.15, -0.1) is 0 Å². The molecule has 0 spiro atoms. The number of nitrogens with zero attached hydrogens (tertiary/aromatic N) is 2. The third kappa shape index (κ3) is 5.14. The number of halogens is 1. The fraction of sp³-hybridized carbons (Fsp3) is 0.0645. The number of anilines is 2. The fourth-order valence-electron chi connectivity index (χ4n) is 4.22. The quantitative estimate of drug-likeness (QED) is 0.187. The van der Waals surface area contributed by atoms with Crippen LogP contribution in [0.4, 0.5) is 16.2 Å². The lowest BCUT2D eigenvalue weighted by Gasteiger charge is -2.34. The Morgan fingerprint density at radius 3 is 1.92 bits per heavy atom. The number of carbonyl (C=O) groups excluding carboxylic acids is 3. The van der Waals surface area contributed by atoms with Crippen molar-refractivity contribution in [1.29, 1.82) is 0 Å². The van der Waals surface area contributed by atoms with E-state index in [-0.39, 0.29) is 5.57 Å². The van der Waals surface area contributed by atoms with Crippen LogP contribution in [0.15, 0.2) is 113 Å². The molecule has 188 valence electrons. The van der Waals surface area contributed by atoms with Crippen LogP contribution < -0.4 is 14.5 Å². The minimum atomic E-state index is -0.736. The molecule has 4 aromatic rings. The van der Waals surface area contributed by atoms with Crippen LogP contribution in [-0.4, -0.2) is 17.8 Å². The number of urea groups is 1. The molecule has 6 nitrogen and oxygen atoms in total. The summed E-state index contributed by atoms with van der Waals surface area (Å²) in [4.78, 5) is 42.9. The van der Waals surface area contributed by atoms with Gasteiger partial charge in [-0.1, -0.05) is 82.2 Å².